The van der Waals surface area contributed by atoms with Crippen LogP contribution in [0.25, 0.3) is 0 Å². The summed E-state index contributed by atoms with van der Waals surface area (Å²) in [5, 5.41) is 14.7. The van der Waals surface area contributed by atoms with Gasteiger partial charge in [0.15, 0.2) is 0 Å². The Balaban J connectivity index is 1.47. The van der Waals surface area contributed by atoms with E-state index in [0.29, 0.717) is 12.0 Å². The third-order valence-corrected chi connectivity index (χ3v) is 7.12. The van der Waals surface area contributed by atoms with E-state index in [1.807, 2.05) is 0 Å². The SMILES string of the molecule is CC12CCC(C/C1=N\OCC(O)CN1CCCCCC1)C2(C)C. The normalized spacial score (nSPS) is 37.0. The largest absolute Gasteiger partial charge is 0.393 e. The molecule has 0 spiro atoms. The number of nitrogens with zero attached hydrogens (tertiary/aromatic N) is 2. The third-order valence-electron chi connectivity index (χ3n) is 7.12. The maximum atomic E-state index is 10.2. The number of rotatable bonds is 5. The van der Waals surface area contributed by atoms with Crippen molar-refractivity contribution in [3.8, 4) is 0 Å². The highest BCUT2D eigenvalue weighted by atomic mass is 16.6. The maximum absolute atomic E-state index is 10.2. The van der Waals surface area contributed by atoms with Crippen molar-refractivity contribution in [2.24, 2.45) is 21.9 Å². The molecule has 4 nitrogen and oxygen atoms in total. The topological polar surface area (TPSA) is 45.1 Å². The van der Waals surface area contributed by atoms with Gasteiger partial charge in [0.2, 0.25) is 0 Å². The van der Waals surface area contributed by atoms with E-state index >= 15 is 0 Å². The Morgan fingerprint density at radius 1 is 1.22 bits per heavy atom. The Labute approximate surface area is 141 Å². The minimum absolute atomic E-state index is 0.188. The van der Waals surface area contributed by atoms with Crippen LogP contribution in [0.1, 0.15) is 65.7 Å². The Morgan fingerprint density at radius 2 is 1.91 bits per heavy atom. The third kappa shape index (κ3) is 3.30. The molecule has 3 unspecified atom stereocenters. The fourth-order valence-electron chi connectivity index (χ4n) is 4.94. The molecule has 0 amide bonds. The van der Waals surface area contributed by atoms with Crippen molar-refractivity contribution in [3.63, 3.8) is 0 Å². The van der Waals surface area contributed by atoms with Gasteiger partial charge in [-0.3, -0.25) is 0 Å². The second-order valence-corrected chi connectivity index (χ2v) is 8.70. The van der Waals surface area contributed by atoms with Crippen molar-refractivity contribution in [1.29, 1.82) is 0 Å². The van der Waals surface area contributed by atoms with Gasteiger partial charge in [0.05, 0.1) is 5.71 Å². The van der Waals surface area contributed by atoms with Gasteiger partial charge in [0.25, 0.3) is 0 Å². The van der Waals surface area contributed by atoms with Gasteiger partial charge in [-0.2, -0.15) is 0 Å². The summed E-state index contributed by atoms with van der Waals surface area (Å²) in [5.74, 6) is 0.747. The van der Waals surface area contributed by atoms with Crippen molar-refractivity contribution >= 4 is 5.71 Å². The zero-order valence-electron chi connectivity index (χ0n) is 15.2. The smallest absolute Gasteiger partial charge is 0.144 e. The Hall–Kier alpha value is -0.610. The molecule has 3 atom stereocenters. The van der Waals surface area contributed by atoms with Crippen LogP contribution < -0.4 is 0 Å². The molecule has 2 bridgehead atoms. The average Bonchev–Trinajstić information content (AvgIpc) is 2.75. The quantitative estimate of drug-likeness (QED) is 0.789. The summed E-state index contributed by atoms with van der Waals surface area (Å²) in [6.45, 7) is 10.4. The lowest BCUT2D eigenvalue weighted by atomic mass is 9.70. The zero-order valence-corrected chi connectivity index (χ0v) is 15.2. The molecule has 1 heterocycles. The fourth-order valence-corrected chi connectivity index (χ4v) is 4.94. The molecule has 1 aliphatic heterocycles. The first-order chi connectivity index (χ1) is 10.9. The van der Waals surface area contributed by atoms with Crippen LogP contribution >= 0.6 is 0 Å². The van der Waals surface area contributed by atoms with E-state index in [1.54, 1.807) is 0 Å². The highest BCUT2D eigenvalue weighted by Crippen LogP contribution is 2.63. The number of hydrogen-bond donors (Lipinski definition) is 1. The average molecular weight is 322 g/mol. The van der Waals surface area contributed by atoms with Crippen molar-refractivity contribution in [2.75, 3.05) is 26.2 Å². The Morgan fingerprint density at radius 3 is 2.48 bits per heavy atom. The zero-order chi connectivity index (χ0) is 16.5. The molecular formula is C19H34N2O2. The summed E-state index contributed by atoms with van der Waals surface area (Å²) in [5.41, 5.74) is 1.74. The molecule has 4 heteroatoms. The molecule has 0 aromatic rings. The van der Waals surface area contributed by atoms with Crippen LogP contribution in [0.15, 0.2) is 5.16 Å². The van der Waals surface area contributed by atoms with Gasteiger partial charge in [-0.15, -0.1) is 0 Å². The first-order valence-corrected chi connectivity index (χ1v) is 9.53. The number of oxime groups is 1. The van der Waals surface area contributed by atoms with Gasteiger partial charge in [-0.25, -0.2) is 0 Å². The predicted molar refractivity (Wildman–Crippen MR) is 93.5 cm³/mol. The molecule has 132 valence electrons. The second kappa shape index (κ2) is 6.72. The van der Waals surface area contributed by atoms with E-state index in [-0.39, 0.29) is 5.41 Å². The Kier molecular flexibility index (Phi) is 5.03. The number of likely N-dealkylation sites (tertiary alicyclic amines) is 1. The number of fused-ring (bicyclic) bond motifs is 2. The van der Waals surface area contributed by atoms with Crippen LogP contribution in [0.2, 0.25) is 0 Å². The van der Waals surface area contributed by atoms with Crippen molar-refractivity contribution in [1.82, 2.24) is 4.90 Å². The van der Waals surface area contributed by atoms with E-state index in [9.17, 15) is 5.11 Å². The van der Waals surface area contributed by atoms with E-state index in [1.165, 1.54) is 44.2 Å². The van der Waals surface area contributed by atoms with Crippen molar-refractivity contribution in [2.45, 2.75) is 71.8 Å². The lowest BCUT2D eigenvalue weighted by Crippen LogP contribution is -2.35. The number of hydrogen-bond acceptors (Lipinski definition) is 4. The minimum Gasteiger partial charge on any atom is -0.393 e. The van der Waals surface area contributed by atoms with E-state index in [2.05, 4.69) is 30.8 Å². The monoisotopic (exact) mass is 322 g/mol. The number of aliphatic hydroxyl groups is 1. The lowest BCUT2D eigenvalue weighted by molar-refractivity contribution is 0.0181. The van der Waals surface area contributed by atoms with Gasteiger partial charge >= 0.3 is 0 Å². The first-order valence-electron chi connectivity index (χ1n) is 9.53. The highest BCUT2D eigenvalue weighted by molar-refractivity contribution is 5.93. The lowest BCUT2D eigenvalue weighted by Gasteiger charge is -2.34. The van der Waals surface area contributed by atoms with Crippen LogP contribution in [0.3, 0.4) is 0 Å². The number of β-amino-alcohol motifs (C(OH)–C–C–N with tert-alkyl or cyclic N) is 1. The summed E-state index contributed by atoms with van der Waals surface area (Å²) in [4.78, 5) is 7.95. The molecule has 3 fully saturated rings. The van der Waals surface area contributed by atoms with E-state index in [4.69, 9.17) is 4.84 Å². The van der Waals surface area contributed by atoms with Gasteiger partial charge in [-0.05, 0) is 56.5 Å². The standard InChI is InChI=1S/C19H34N2O2/c1-18(2)15-8-9-19(18,3)17(12-15)20-23-14-16(22)13-21-10-6-4-5-7-11-21/h15-16,22H,4-14H2,1-3H3/b20-17+. The van der Waals surface area contributed by atoms with Gasteiger partial charge < -0.3 is 14.8 Å². The molecule has 3 rings (SSSR count). The summed E-state index contributed by atoms with van der Waals surface area (Å²) in [6, 6.07) is 0. The van der Waals surface area contributed by atoms with Crippen LogP contribution in [-0.4, -0.2) is 48.1 Å². The van der Waals surface area contributed by atoms with Gasteiger partial charge in [0.1, 0.15) is 12.7 Å². The minimum atomic E-state index is -0.433. The van der Waals surface area contributed by atoms with Crippen molar-refractivity contribution in [3.05, 3.63) is 0 Å². The Bertz CT molecular complexity index is 441. The van der Waals surface area contributed by atoms with E-state index in [0.717, 1.165) is 32.0 Å². The van der Waals surface area contributed by atoms with Crippen LogP contribution in [0.5, 0.6) is 0 Å². The maximum Gasteiger partial charge on any atom is 0.144 e. The fraction of sp³-hybridized carbons (Fsp3) is 0.947. The molecule has 0 aromatic heterocycles. The second-order valence-electron chi connectivity index (χ2n) is 8.70. The predicted octanol–water partition coefficient (Wildman–Crippen LogP) is 3.44. The molecule has 1 N–H and O–H groups in total. The van der Waals surface area contributed by atoms with Crippen LogP contribution in [0, 0.1) is 16.7 Å². The van der Waals surface area contributed by atoms with Gasteiger partial charge in [0, 0.05) is 12.0 Å². The molecule has 3 aliphatic rings. The molecule has 0 radical (unpaired) electrons. The summed E-state index contributed by atoms with van der Waals surface area (Å²) in [7, 11) is 0. The molecule has 23 heavy (non-hydrogen) atoms. The van der Waals surface area contributed by atoms with Crippen molar-refractivity contribution < 1.29 is 9.94 Å². The van der Waals surface area contributed by atoms with Crippen LogP contribution in [0.4, 0.5) is 0 Å². The molecular weight excluding hydrogens is 288 g/mol. The molecule has 2 saturated carbocycles. The summed E-state index contributed by atoms with van der Waals surface area (Å²) >= 11 is 0. The molecule has 2 aliphatic carbocycles. The van der Waals surface area contributed by atoms with Gasteiger partial charge in [-0.1, -0.05) is 38.8 Å². The number of aliphatic hydroxyl groups excluding tert-OH is 1. The molecule has 0 aromatic carbocycles. The highest BCUT2D eigenvalue weighted by Gasteiger charge is 2.60. The van der Waals surface area contributed by atoms with E-state index < -0.39 is 6.10 Å². The summed E-state index contributed by atoms with van der Waals surface area (Å²) in [6.07, 6.45) is 8.35. The first kappa shape index (κ1) is 17.2. The van der Waals surface area contributed by atoms with Crippen LogP contribution in [-0.2, 0) is 4.84 Å². The molecule has 1 saturated heterocycles. The summed E-state index contributed by atoms with van der Waals surface area (Å²) < 4.78 is 0.